The first-order chi connectivity index (χ1) is 10.4. The van der Waals surface area contributed by atoms with Crippen molar-refractivity contribution >= 4 is 37.5 Å². The second kappa shape index (κ2) is 9.87. The first-order valence-corrected chi connectivity index (χ1v) is 10.5. The second-order valence-electron chi connectivity index (χ2n) is 4.28. The Kier molecular flexibility index (Phi) is 7.71. The SMILES string of the molecule is COc1ccc(CSSSCC=Cc2ccccc2)cc1. The van der Waals surface area contributed by atoms with Crippen molar-refractivity contribution in [1.82, 2.24) is 0 Å². The number of methoxy groups -OCH3 is 1. The highest BCUT2D eigenvalue weighted by atomic mass is 33.5. The van der Waals surface area contributed by atoms with Gasteiger partial charge in [-0.1, -0.05) is 76.2 Å². The molecule has 0 atom stereocenters. The van der Waals surface area contributed by atoms with Crippen molar-refractivity contribution in [3.63, 3.8) is 0 Å². The molecule has 0 spiro atoms. The Bertz CT molecular complexity index is 538. The van der Waals surface area contributed by atoms with Crippen LogP contribution in [0.4, 0.5) is 0 Å². The van der Waals surface area contributed by atoms with E-state index in [1.165, 1.54) is 11.1 Å². The number of rotatable bonds is 8. The molecule has 110 valence electrons. The van der Waals surface area contributed by atoms with Crippen LogP contribution in [-0.2, 0) is 5.75 Å². The largest absolute Gasteiger partial charge is 0.497 e. The first-order valence-electron chi connectivity index (χ1n) is 6.64. The van der Waals surface area contributed by atoms with E-state index in [0.29, 0.717) is 0 Å². The smallest absolute Gasteiger partial charge is 0.118 e. The van der Waals surface area contributed by atoms with Crippen molar-refractivity contribution in [3.8, 4) is 5.75 Å². The van der Waals surface area contributed by atoms with E-state index in [1.54, 1.807) is 7.11 Å². The van der Waals surface area contributed by atoms with E-state index in [-0.39, 0.29) is 0 Å². The fraction of sp³-hybridized carbons (Fsp3) is 0.176. The Hall–Kier alpha value is -0.970. The molecule has 0 saturated carbocycles. The van der Waals surface area contributed by atoms with Crippen LogP contribution in [0.5, 0.6) is 5.75 Å². The van der Waals surface area contributed by atoms with E-state index >= 15 is 0 Å². The summed E-state index contributed by atoms with van der Waals surface area (Å²) in [5, 5.41) is 0. The molecule has 0 N–H and O–H groups in total. The van der Waals surface area contributed by atoms with Gasteiger partial charge in [-0.25, -0.2) is 0 Å². The van der Waals surface area contributed by atoms with Crippen LogP contribution in [0.2, 0.25) is 0 Å². The summed E-state index contributed by atoms with van der Waals surface area (Å²) >= 11 is 0. The lowest BCUT2D eigenvalue weighted by atomic mass is 10.2. The van der Waals surface area contributed by atoms with Gasteiger partial charge in [0.25, 0.3) is 0 Å². The lowest BCUT2D eigenvalue weighted by molar-refractivity contribution is 0.414. The summed E-state index contributed by atoms with van der Waals surface area (Å²) in [6.45, 7) is 0. The maximum atomic E-state index is 5.15. The van der Waals surface area contributed by atoms with Crippen molar-refractivity contribution < 1.29 is 4.74 Å². The van der Waals surface area contributed by atoms with Crippen LogP contribution in [0.1, 0.15) is 11.1 Å². The molecular formula is C17H18OS3. The number of hydrogen-bond donors (Lipinski definition) is 0. The van der Waals surface area contributed by atoms with E-state index in [1.807, 2.05) is 49.6 Å². The zero-order valence-corrected chi connectivity index (χ0v) is 14.3. The first kappa shape index (κ1) is 16.4. The molecule has 0 aromatic heterocycles. The quantitative estimate of drug-likeness (QED) is 0.436. The predicted octanol–water partition coefficient (Wildman–Crippen LogP) is 5.94. The van der Waals surface area contributed by atoms with Gasteiger partial charge in [-0.2, -0.15) is 0 Å². The van der Waals surface area contributed by atoms with Crippen LogP contribution < -0.4 is 4.74 Å². The summed E-state index contributed by atoms with van der Waals surface area (Å²) in [7, 11) is 7.28. The number of hydrogen-bond acceptors (Lipinski definition) is 4. The maximum absolute atomic E-state index is 5.15. The van der Waals surface area contributed by atoms with Crippen molar-refractivity contribution in [1.29, 1.82) is 0 Å². The molecule has 4 heteroatoms. The predicted molar refractivity (Wildman–Crippen MR) is 99.8 cm³/mol. The summed E-state index contributed by atoms with van der Waals surface area (Å²) in [6.07, 6.45) is 4.38. The van der Waals surface area contributed by atoms with Gasteiger partial charge < -0.3 is 4.74 Å². The third-order valence-electron chi connectivity index (χ3n) is 2.76. The minimum absolute atomic E-state index is 0.914. The lowest BCUT2D eigenvalue weighted by Crippen LogP contribution is -1.83. The van der Waals surface area contributed by atoms with E-state index < -0.39 is 0 Å². The molecule has 0 saturated heterocycles. The summed E-state index contributed by atoms with van der Waals surface area (Å²) in [5.74, 6) is 2.95. The molecule has 0 bridgehead atoms. The van der Waals surface area contributed by atoms with Crippen molar-refractivity contribution in [3.05, 3.63) is 71.8 Å². The van der Waals surface area contributed by atoms with Gasteiger partial charge in [-0.05, 0) is 33.1 Å². The van der Waals surface area contributed by atoms with Crippen molar-refractivity contribution in [2.24, 2.45) is 0 Å². The molecule has 0 radical (unpaired) electrons. The van der Waals surface area contributed by atoms with Crippen LogP contribution in [0.3, 0.4) is 0 Å². The molecule has 0 heterocycles. The Morgan fingerprint density at radius 2 is 1.71 bits per heavy atom. The topological polar surface area (TPSA) is 9.23 Å². The second-order valence-corrected chi connectivity index (χ2v) is 8.55. The zero-order chi connectivity index (χ0) is 14.8. The summed E-state index contributed by atoms with van der Waals surface area (Å²) in [5.41, 5.74) is 2.59. The van der Waals surface area contributed by atoms with E-state index in [0.717, 1.165) is 17.3 Å². The van der Waals surface area contributed by atoms with Gasteiger partial charge in [0.05, 0.1) is 7.11 Å². The highest BCUT2D eigenvalue weighted by molar-refractivity contribution is 9.09. The molecule has 0 aliphatic rings. The normalized spacial score (nSPS) is 10.9. The van der Waals surface area contributed by atoms with E-state index in [4.69, 9.17) is 4.74 Å². The summed E-state index contributed by atoms with van der Waals surface area (Å²) in [6, 6.07) is 18.7. The molecule has 2 aromatic carbocycles. The van der Waals surface area contributed by atoms with Gasteiger partial charge in [-0.3, -0.25) is 0 Å². The highest BCUT2D eigenvalue weighted by Gasteiger charge is 1.96. The van der Waals surface area contributed by atoms with Gasteiger partial charge in [0.1, 0.15) is 5.75 Å². The van der Waals surface area contributed by atoms with Gasteiger partial charge in [-0.15, -0.1) is 0 Å². The molecule has 21 heavy (non-hydrogen) atoms. The van der Waals surface area contributed by atoms with Crippen LogP contribution in [0.15, 0.2) is 60.7 Å². The molecule has 0 amide bonds. The van der Waals surface area contributed by atoms with Gasteiger partial charge in [0.15, 0.2) is 0 Å². The van der Waals surface area contributed by atoms with Gasteiger partial charge in [0.2, 0.25) is 0 Å². The monoisotopic (exact) mass is 334 g/mol. The molecule has 0 fully saturated rings. The average molecular weight is 335 g/mol. The maximum Gasteiger partial charge on any atom is 0.118 e. The van der Waals surface area contributed by atoms with Crippen molar-refractivity contribution in [2.75, 3.05) is 12.9 Å². The number of ether oxygens (including phenoxy) is 1. The van der Waals surface area contributed by atoms with Crippen molar-refractivity contribution in [2.45, 2.75) is 5.75 Å². The molecule has 0 unspecified atom stereocenters. The van der Waals surface area contributed by atoms with Gasteiger partial charge >= 0.3 is 0 Å². The molecule has 2 aromatic rings. The van der Waals surface area contributed by atoms with E-state index in [9.17, 15) is 0 Å². The van der Waals surface area contributed by atoms with Crippen LogP contribution >= 0.6 is 31.4 Å². The molecular weight excluding hydrogens is 316 g/mol. The minimum Gasteiger partial charge on any atom is -0.497 e. The third kappa shape index (κ3) is 6.55. The zero-order valence-electron chi connectivity index (χ0n) is 11.9. The van der Waals surface area contributed by atoms with E-state index in [2.05, 4.69) is 48.6 Å². The summed E-state index contributed by atoms with van der Waals surface area (Å²) < 4.78 is 5.15. The van der Waals surface area contributed by atoms with Crippen LogP contribution in [-0.4, -0.2) is 12.9 Å². The highest BCUT2D eigenvalue weighted by Crippen LogP contribution is 2.37. The number of benzene rings is 2. The Balaban J connectivity index is 1.58. The summed E-state index contributed by atoms with van der Waals surface area (Å²) in [4.78, 5) is 0. The third-order valence-corrected chi connectivity index (χ3v) is 6.80. The van der Waals surface area contributed by atoms with Crippen LogP contribution in [0, 0.1) is 0 Å². The average Bonchev–Trinajstić information content (AvgIpc) is 2.55. The molecule has 1 nitrogen and oxygen atoms in total. The Labute approximate surface area is 138 Å². The fourth-order valence-corrected chi connectivity index (χ4v) is 5.04. The molecule has 0 aliphatic heterocycles. The molecule has 0 aliphatic carbocycles. The van der Waals surface area contributed by atoms with Crippen LogP contribution in [0.25, 0.3) is 6.08 Å². The lowest BCUT2D eigenvalue weighted by Gasteiger charge is -2.02. The standard InChI is InChI=1S/C17H18OS3/c1-18-17-11-9-16(10-12-17)14-20-21-19-13-5-8-15-6-3-2-4-7-15/h2-12H,13-14H2,1H3. The Morgan fingerprint density at radius 3 is 2.43 bits per heavy atom. The molecule has 2 rings (SSSR count). The van der Waals surface area contributed by atoms with Gasteiger partial charge in [0, 0.05) is 11.5 Å². The minimum atomic E-state index is 0.914. The fourth-order valence-electron chi connectivity index (χ4n) is 1.66. The Morgan fingerprint density at radius 1 is 0.952 bits per heavy atom.